The number of aromatic nitrogens is 1. The Hall–Kier alpha value is -2.66. The number of halogens is 1. The summed E-state index contributed by atoms with van der Waals surface area (Å²) in [6, 6.07) is 13.6. The van der Waals surface area contributed by atoms with Gasteiger partial charge in [-0.1, -0.05) is 29.8 Å². The summed E-state index contributed by atoms with van der Waals surface area (Å²) in [5, 5.41) is 8.05. The normalized spacial score (nSPS) is 10.7. The summed E-state index contributed by atoms with van der Waals surface area (Å²) in [6.45, 7) is 1.18. The molecule has 0 atom stereocenters. The Morgan fingerprint density at radius 1 is 1.19 bits per heavy atom. The van der Waals surface area contributed by atoms with Crippen molar-refractivity contribution in [2.24, 2.45) is 0 Å². The van der Waals surface area contributed by atoms with Gasteiger partial charge in [-0.15, -0.1) is 0 Å². The highest BCUT2D eigenvalue weighted by Crippen LogP contribution is 2.27. The van der Waals surface area contributed by atoms with Gasteiger partial charge >= 0.3 is 0 Å². The van der Waals surface area contributed by atoms with Gasteiger partial charge in [-0.05, 0) is 42.7 Å². The van der Waals surface area contributed by atoms with Crippen LogP contribution in [-0.2, 0) is 11.2 Å². The van der Waals surface area contributed by atoms with E-state index in [1.165, 1.54) is 10.9 Å². The van der Waals surface area contributed by atoms with Crippen molar-refractivity contribution >= 4 is 34.1 Å². The topological polar surface area (TPSA) is 66.2 Å². The fourth-order valence-electron chi connectivity index (χ4n) is 3.06. The molecule has 2 aromatic carbocycles. The van der Waals surface area contributed by atoms with Gasteiger partial charge in [-0.3, -0.25) is 4.79 Å². The standard InChI is InChI=1S/C21H24ClN3O2/c1-27-20-9-8-16(22)13-19(20)23-12-10-21(26)24-11-4-5-15-14-25-18-7-3-2-6-17(15)18/h2-3,6-9,13-14,23,25H,4-5,10-12H2,1H3,(H,24,26). The lowest BCUT2D eigenvalue weighted by Crippen LogP contribution is -2.26. The maximum Gasteiger partial charge on any atom is 0.221 e. The smallest absolute Gasteiger partial charge is 0.221 e. The van der Waals surface area contributed by atoms with Crippen LogP contribution in [-0.4, -0.2) is 31.1 Å². The van der Waals surface area contributed by atoms with Gasteiger partial charge in [0.1, 0.15) is 5.75 Å². The molecule has 0 spiro atoms. The zero-order chi connectivity index (χ0) is 19.1. The highest BCUT2D eigenvalue weighted by molar-refractivity contribution is 6.30. The van der Waals surface area contributed by atoms with Crippen molar-refractivity contribution in [1.29, 1.82) is 0 Å². The van der Waals surface area contributed by atoms with E-state index in [-0.39, 0.29) is 5.91 Å². The average Bonchev–Trinajstić information content (AvgIpc) is 3.09. The molecule has 0 unspecified atom stereocenters. The van der Waals surface area contributed by atoms with E-state index in [9.17, 15) is 4.79 Å². The van der Waals surface area contributed by atoms with Gasteiger partial charge in [0, 0.05) is 41.6 Å². The third kappa shape index (κ3) is 5.17. The highest BCUT2D eigenvalue weighted by atomic mass is 35.5. The van der Waals surface area contributed by atoms with Gasteiger partial charge in [0.25, 0.3) is 0 Å². The van der Waals surface area contributed by atoms with Crippen molar-refractivity contribution in [3.05, 3.63) is 59.2 Å². The highest BCUT2D eigenvalue weighted by Gasteiger charge is 2.06. The zero-order valence-electron chi connectivity index (χ0n) is 15.3. The van der Waals surface area contributed by atoms with E-state index in [0.29, 0.717) is 30.3 Å². The van der Waals surface area contributed by atoms with Gasteiger partial charge in [-0.2, -0.15) is 0 Å². The van der Waals surface area contributed by atoms with Crippen molar-refractivity contribution in [1.82, 2.24) is 10.3 Å². The maximum absolute atomic E-state index is 12.0. The number of methoxy groups -OCH3 is 1. The first-order valence-corrected chi connectivity index (χ1v) is 9.44. The van der Waals surface area contributed by atoms with E-state index >= 15 is 0 Å². The molecule has 1 aromatic heterocycles. The Morgan fingerprint density at radius 2 is 2.04 bits per heavy atom. The lowest BCUT2D eigenvalue weighted by atomic mass is 10.1. The maximum atomic E-state index is 12.0. The molecule has 0 saturated heterocycles. The SMILES string of the molecule is COc1ccc(Cl)cc1NCCC(=O)NCCCc1c[nH]c2ccccc12. The molecule has 1 amide bonds. The van der Waals surface area contributed by atoms with Gasteiger partial charge < -0.3 is 20.4 Å². The van der Waals surface area contributed by atoms with Crippen LogP contribution in [0.5, 0.6) is 5.75 Å². The number of nitrogens with one attached hydrogen (secondary N) is 3. The molecule has 27 heavy (non-hydrogen) atoms. The molecule has 0 saturated carbocycles. The number of carbonyl (C=O) groups excluding carboxylic acids is 1. The van der Waals surface area contributed by atoms with Crippen LogP contribution < -0.4 is 15.4 Å². The molecule has 0 aliphatic heterocycles. The Labute approximate surface area is 164 Å². The molecule has 1 heterocycles. The second-order valence-corrected chi connectivity index (χ2v) is 6.77. The number of hydrogen-bond acceptors (Lipinski definition) is 3. The van der Waals surface area contributed by atoms with Crippen LogP contribution in [0, 0.1) is 0 Å². The van der Waals surface area contributed by atoms with Crippen LogP contribution in [0.2, 0.25) is 5.02 Å². The Kier molecular flexibility index (Phi) is 6.60. The molecular formula is C21H24ClN3O2. The number of aryl methyl sites for hydroxylation is 1. The minimum atomic E-state index is 0.0300. The van der Waals surface area contributed by atoms with E-state index < -0.39 is 0 Å². The van der Waals surface area contributed by atoms with E-state index in [4.69, 9.17) is 16.3 Å². The predicted octanol–water partition coefficient (Wildman–Crippen LogP) is 4.38. The predicted molar refractivity (Wildman–Crippen MR) is 111 cm³/mol. The number of ether oxygens (including phenoxy) is 1. The Morgan fingerprint density at radius 3 is 2.89 bits per heavy atom. The number of fused-ring (bicyclic) bond motifs is 1. The van der Waals surface area contributed by atoms with E-state index in [1.54, 1.807) is 25.3 Å². The quantitative estimate of drug-likeness (QED) is 0.479. The number of anilines is 1. The molecule has 3 N–H and O–H groups in total. The van der Waals surface area contributed by atoms with Gasteiger partial charge in [0.05, 0.1) is 12.8 Å². The number of H-pyrrole nitrogens is 1. The summed E-state index contributed by atoms with van der Waals surface area (Å²) in [7, 11) is 1.61. The number of hydrogen-bond donors (Lipinski definition) is 3. The lowest BCUT2D eigenvalue weighted by molar-refractivity contribution is -0.120. The number of aromatic amines is 1. The zero-order valence-corrected chi connectivity index (χ0v) is 16.1. The first-order valence-electron chi connectivity index (χ1n) is 9.06. The summed E-state index contributed by atoms with van der Waals surface area (Å²) in [4.78, 5) is 15.3. The summed E-state index contributed by atoms with van der Waals surface area (Å²) in [5.74, 6) is 0.737. The first kappa shape index (κ1) is 19.1. The van der Waals surface area contributed by atoms with Crippen LogP contribution in [0.4, 0.5) is 5.69 Å². The molecule has 0 aliphatic rings. The number of amides is 1. The molecule has 0 bridgehead atoms. The monoisotopic (exact) mass is 385 g/mol. The van der Waals surface area contributed by atoms with Crippen LogP contribution >= 0.6 is 11.6 Å². The van der Waals surface area contributed by atoms with Crippen LogP contribution in [0.3, 0.4) is 0 Å². The van der Waals surface area contributed by atoms with Crippen molar-refractivity contribution in [2.75, 3.05) is 25.5 Å². The molecule has 5 nitrogen and oxygen atoms in total. The second kappa shape index (κ2) is 9.33. The molecule has 3 rings (SSSR count). The summed E-state index contributed by atoms with van der Waals surface area (Å²) in [6.07, 6.45) is 4.28. The number of para-hydroxylation sites is 1. The average molecular weight is 386 g/mol. The molecule has 0 fully saturated rings. The first-order chi connectivity index (χ1) is 13.2. The molecule has 6 heteroatoms. The molecule has 3 aromatic rings. The fourth-order valence-corrected chi connectivity index (χ4v) is 3.23. The molecular weight excluding hydrogens is 362 g/mol. The fraction of sp³-hybridized carbons (Fsp3) is 0.286. The second-order valence-electron chi connectivity index (χ2n) is 6.33. The lowest BCUT2D eigenvalue weighted by Gasteiger charge is -2.11. The molecule has 0 aliphatic carbocycles. The van der Waals surface area contributed by atoms with E-state index in [1.807, 2.05) is 12.1 Å². The minimum Gasteiger partial charge on any atom is -0.495 e. The Bertz CT molecular complexity index is 907. The van der Waals surface area contributed by atoms with E-state index in [0.717, 1.165) is 24.0 Å². The summed E-state index contributed by atoms with van der Waals surface area (Å²) >= 11 is 6.00. The van der Waals surface area contributed by atoms with Crippen LogP contribution in [0.1, 0.15) is 18.4 Å². The van der Waals surface area contributed by atoms with Crippen LogP contribution in [0.15, 0.2) is 48.7 Å². The van der Waals surface area contributed by atoms with Gasteiger partial charge in [0.2, 0.25) is 5.91 Å². The van der Waals surface area contributed by atoms with E-state index in [2.05, 4.69) is 33.9 Å². The largest absolute Gasteiger partial charge is 0.495 e. The van der Waals surface area contributed by atoms with Crippen LogP contribution in [0.25, 0.3) is 10.9 Å². The minimum absolute atomic E-state index is 0.0300. The summed E-state index contributed by atoms with van der Waals surface area (Å²) in [5.41, 5.74) is 3.23. The number of rotatable bonds is 9. The molecule has 142 valence electrons. The van der Waals surface area contributed by atoms with Crippen molar-refractivity contribution in [2.45, 2.75) is 19.3 Å². The Balaban J connectivity index is 1.37. The number of carbonyl (C=O) groups is 1. The molecule has 0 radical (unpaired) electrons. The summed E-state index contributed by atoms with van der Waals surface area (Å²) < 4.78 is 5.28. The van der Waals surface area contributed by atoms with Gasteiger partial charge in [0.15, 0.2) is 0 Å². The third-order valence-corrected chi connectivity index (χ3v) is 4.68. The van der Waals surface area contributed by atoms with Crippen molar-refractivity contribution < 1.29 is 9.53 Å². The third-order valence-electron chi connectivity index (χ3n) is 4.45. The van der Waals surface area contributed by atoms with Gasteiger partial charge in [-0.25, -0.2) is 0 Å². The number of benzene rings is 2. The van der Waals surface area contributed by atoms with Crippen molar-refractivity contribution in [3.8, 4) is 5.75 Å². The van der Waals surface area contributed by atoms with Crippen molar-refractivity contribution in [3.63, 3.8) is 0 Å².